The molecule has 0 aliphatic carbocycles. The van der Waals surface area contributed by atoms with Crippen LogP contribution in [-0.2, 0) is 0 Å². The molecule has 0 aromatic carbocycles. The molecular formula is C11H9N3S3. The van der Waals surface area contributed by atoms with Crippen LogP contribution >= 0.6 is 34.0 Å². The molecule has 3 rings (SSSR count). The fraction of sp³-hybridized carbons (Fsp3) is 0.0909. The van der Waals surface area contributed by atoms with E-state index in [4.69, 9.17) is 0 Å². The Kier molecular flexibility index (Phi) is 2.92. The first-order chi connectivity index (χ1) is 8.36. The van der Waals surface area contributed by atoms with Gasteiger partial charge in [0.1, 0.15) is 16.4 Å². The van der Waals surface area contributed by atoms with E-state index in [0.29, 0.717) is 0 Å². The molecule has 3 aromatic heterocycles. The van der Waals surface area contributed by atoms with Crippen molar-refractivity contribution in [3.63, 3.8) is 0 Å². The highest BCUT2D eigenvalue weighted by atomic mass is 32.1. The summed E-state index contributed by atoms with van der Waals surface area (Å²) in [5.74, 6) is 0. The lowest BCUT2D eigenvalue weighted by Crippen LogP contribution is -1.86. The number of nitrogens with zero attached hydrogens (tertiary/aromatic N) is 2. The van der Waals surface area contributed by atoms with Crippen molar-refractivity contribution in [1.82, 2.24) is 9.97 Å². The van der Waals surface area contributed by atoms with E-state index in [0.717, 1.165) is 21.5 Å². The van der Waals surface area contributed by atoms with Gasteiger partial charge in [-0.1, -0.05) is 6.07 Å². The number of hydrogen-bond acceptors (Lipinski definition) is 6. The zero-order valence-corrected chi connectivity index (χ0v) is 11.5. The van der Waals surface area contributed by atoms with Gasteiger partial charge in [-0.15, -0.1) is 34.0 Å². The van der Waals surface area contributed by atoms with Gasteiger partial charge in [-0.05, 0) is 11.4 Å². The van der Waals surface area contributed by atoms with Crippen molar-refractivity contribution in [3.8, 4) is 21.3 Å². The van der Waals surface area contributed by atoms with Gasteiger partial charge in [0, 0.05) is 17.8 Å². The molecule has 3 nitrogen and oxygen atoms in total. The third-order valence-corrected chi connectivity index (χ3v) is 4.96. The van der Waals surface area contributed by atoms with Crippen molar-refractivity contribution < 1.29 is 0 Å². The van der Waals surface area contributed by atoms with Crippen LogP contribution in [0.3, 0.4) is 0 Å². The van der Waals surface area contributed by atoms with Gasteiger partial charge in [0.15, 0.2) is 5.13 Å². The standard InChI is InChI=1S/C11H9N3S3/c1-12-11-14-8(6-17-11)7-5-16-10(13-7)9-3-2-4-15-9/h2-6H,1H3,(H,12,14). The maximum atomic E-state index is 4.62. The second-order valence-corrected chi connectivity index (χ2v) is 5.97. The Balaban J connectivity index is 1.94. The predicted octanol–water partition coefficient (Wildman–Crippen LogP) is 4.04. The first-order valence-electron chi connectivity index (χ1n) is 5.00. The van der Waals surface area contributed by atoms with E-state index in [2.05, 4.69) is 32.1 Å². The Morgan fingerprint density at radius 3 is 2.59 bits per heavy atom. The average molecular weight is 279 g/mol. The third-order valence-electron chi connectivity index (χ3n) is 2.22. The van der Waals surface area contributed by atoms with Crippen molar-refractivity contribution in [2.45, 2.75) is 0 Å². The molecule has 0 bridgehead atoms. The van der Waals surface area contributed by atoms with Gasteiger partial charge < -0.3 is 5.32 Å². The van der Waals surface area contributed by atoms with Gasteiger partial charge in [0.05, 0.1) is 4.88 Å². The summed E-state index contributed by atoms with van der Waals surface area (Å²) in [7, 11) is 1.88. The molecule has 0 fully saturated rings. The first kappa shape index (κ1) is 10.9. The largest absolute Gasteiger partial charge is 0.365 e. The van der Waals surface area contributed by atoms with E-state index < -0.39 is 0 Å². The fourth-order valence-corrected chi connectivity index (χ4v) is 3.70. The monoisotopic (exact) mass is 279 g/mol. The molecule has 3 aromatic rings. The van der Waals surface area contributed by atoms with Crippen LogP contribution in [0, 0.1) is 0 Å². The van der Waals surface area contributed by atoms with Gasteiger partial charge in [-0.25, -0.2) is 9.97 Å². The topological polar surface area (TPSA) is 37.8 Å². The molecule has 1 N–H and O–H groups in total. The quantitative estimate of drug-likeness (QED) is 0.786. The molecule has 86 valence electrons. The number of rotatable bonds is 3. The van der Waals surface area contributed by atoms with E-state index in [9.17, 15) is 0 Å². The molecule has 0 aliphatic rings. The maximum Gasteiger partial charge on any atom is 0.183 e. The second-order valence-electron chi connectivity index (χ2n) is 3.30. The number of nitrogens with one attached hydrogen (secondary N) is 1. The third kappa shape index (κ3) is 2.11. The summed E-state index contributed by atoms with van der Waals surface area (Å²) in [6, 6.07) is 4.14. The van der Waals surface area contributed by atoms with Crippen LogP contribution in [-0.4, -0.2) is 17.0 Å². The Morgan fingerprint density at radius 1 is 1.06 bits per heavy atom. The number of aromatic nitrogens is 2. The number of anilines is 1. The Morgan fingerprint density at radius 2 is 1.88 bits per heavy atom. The van der Waals surface area contributed by atoms with Crippen molar-refractivity contribution in [3.05, 3.63) is 28.3 Å². The summed E-state index contributed by atoms with van der Waals surface area (Å²) < 4.78 is 0. The molecule has 0 radical (unpaired) electrons. The zero-order chi connectivity index (χ0) is 11.7. The van der Waals surface area contributed by atoms with Crippen LogP contribution in [0.25, 0.3) is 21.3 Å². The summed E-state index contributed by atoms with van der Waals surface area (Å²) >= 11 is 4.97. The molecule has 0 saturated heterocycles. The fourth-order valence-electron chi connectivity index (χ4n) is 1.41. The Labute approximate surface area is 111 Å². The van der Waals surface area contributed by atoms with Crippen LogP contribution in [0.5, 0.6) is 0 Å². The van der Waals surface area contributed by atoms with E-state index in [-0.39, 0.29) is 0 Å². The predicted molar refractivity (Wildman–Crippen MR) is 76.1 cm³/mol. The van der Waals surface area contributed by atoms with Crippen LogP contribution in [0.15, 0.2) is 28.3 Å². The molecule has 3 heterocycles. The summed E-state index contributed by atoms with van der Waals surface area (Å²) in [5, 5.41) is 11.2. The molecule has 17 heavy (non-hydrogen) atoms. The molecule has 0 atom stereocenters. The minimum atomic E-state index is 0.922. The minimum Gasteiger partial charge on any atom is -0.365 e. The summed E-state index contributed by atoms with van der Waals surface area (Å²) in [4.78, 5) is 10.3. The highest BCUT2D eigenvalue weighted by molar-refractivity contribution is 7.20. The lowest BCUT2D eigenvalue weighted by molar-refractivity contribution is 1.32. The number of thiophene rings is 1. The lowest BCUT2D eigenvalue weighted by atomic mass is 10.4. The van der Waals surface area contributed by atoms with Gasteiger partial charge >= 0.3 is 0 Å². The zero-order valence-electron chi connectivity index (χ0n) is 9.01. The molecule has 0 aliphatic heterocycles. The summed E-state index contributed by atoms with van der Waals surface area (Å²) in [6.45, 7) is 0. The molecule has 6 heteroatoms. The average Bonchev–Trinajstić information content (AvgIpc) is 3.09. The van der Waals surface area contributed by atoms with E-state index in [1.54, 1.807) is 34.0 Å². The highest BCUT2D eigenvalue weighted by Crippen LogP contribution is 2.32. The van der Waals surface area contributed by atoms with Crippen LogP contribution in [0.2, 0.25) is 0 Å². The summed E-state index contributed by atoms with van der Waals surface area (Å²) in [6.07, 6.45) is 0. The van der Waals surface area contributed by atoms with E-state index >= 15 is 0 Å². The molecule has 0 unspecified atom stereocenters. The van der Waals surface area contributed by atoms with Crippen LogP contribution < -0.4 is 5.32 Å². The maximum absolute atomic E-state index is 4.62. The van der Waals surface area contributed by atoms with Crippen molar-refractivity contribution in [1.29, 1.82) is 0 Å². The molecule has 0 amide bonds. The van der Waals surface area contributed by atoms with Crippen molar-refractivity contribution >= 4 is 39.1 Å². The van der Waals surface area contributed by atoms with Gasteiger partial charge in [0.2, 0.25) is 0 Å². The molecule has 0 spiro atoms. The van der Waals surface area contributed by atoms with Crippen LogP contribution in [0.4, 0.5) is 5.13 Å². The highest BCUT2D eigenvalue weighted by Gasteiger charge is 2.09. The Bertz CT molecular complexity index is 609. The van der Waals surface area contributed by atoms with Gasteiger partial charge in [0.25, 0.3) is 0 Å². The van der Waals surface area contributed by atoms with Crippen molar-refractivity contribution in [2.75, 3.05) is 12.4 Å². The SMILES string of the molecule is CNc1nc(-c2csc(-c3cccs3)n2)cs1. The molecular weight excluding hydrogens is 270 g/mol. The van der Waals surface area contributed by atoms with E-state index in [1.165, 1.54) is 4.88 Å². The lowest BCUT2D eigenvalue weighted by Gasteiger charge is -1.90. The van der Waals surface area contributed by atoms with Crippen LogP contribution in [0.1, 0.15) is 0 Å². The second kappa shape index (κ2) is 4.56. The smallest absolute Gasteiger partial charge is 0.183 e. The van der Waals surface area contributed by atoms with Gasteiger partial charge in [-0.3, -0.25) is 0 Å². The normalized spacial score (nSPS) is 10.6. The van der Waals surface area contributed by atoms with Gasteiger partial charge in [-0.2, -0.15) is 0 Å². The summed E-state index contributed by atoms with van der Waals surface area (Å²) in [5.41, 5.74) is 1.90. The first-order valence-corrected chi connectivity index (χ1v) is 7.64. The number of hydrogen-bond donors (Lipinski definition) is 1. The Hall–Kier alpha value is -1.24. The van der Waals surface area contributed by atoms with E-state index in [1.807, 2.05) is 18.5 Å². The number of thiazole rings is 2. The van der Waals surface area contributed by atoms with Crippen molar-refractivity contribution in [2.24, 2.45) is 0 Å². The minimum absolute atomic E-state index is 0.922. The molecule has 0 saturated carbocycles.